The zero-order chi connectivity index (χ0) is 10.7. The van der Waals surface area contributed by atoms with Crippen LogP contribution in [0.3, 0.4) is 0 Å². The summed E-state index contributed by atoms with van der Waals surface area (Å²) in [6.07, 6.45) is 3.73. The molecule has 2 rings (SSSR count). The highest BCUT2D eigenvalue weighted by Crippen LogP contribution is 2.25. The zero-order valence-electron chi connectivity index (χ0n) is 8.84. The molecule has 1 aromatic heterocycles. The number of carbonyl (C=O) groups excluding carboxylic acids is 1. The summed E-state index contributed by atoms with van der Waals surface area (Å²) >= 11 is 0. The molecule has 1 aromatic rings. The lowest BCUT2D eigenvalue weighted by Gasteiger charge is -2.22. The fourth-order valence-electron chi connectivity index (χ4n) is 2.03. The van der Waals surface area contributed by atoms with E-state index in [1.165, 1.54) is 0 Å². The van der Waals surface area contributed by atoms with Crippen molar-refractivity contribution < 1.29 is 4.79 Å². The number of nitrogens with zero attached hydrogens (tertiary/aromatic N) is 1. The van der Waals surface area contributed by atoms with Crippen molar-refractivity contribution in [2.45, 2.75) is 18.8 Å². The fourth-order valence-corrected chi connectivity index (χ4v) is 2.03. The number of nitrogens with one attached hydrogen (secondary N) is 3. The van der Waals surface area contributed by atoms with Gasteiger partial charge >= 0.3 is 0 Å². The summed E-state index contributed by atoms with van der Waals surface area (Å²) in [5.41, 5.74) is 1.67. The van der Waals surface area contributed by atoms with Gasteiger partial charge in [-0.25, -0.2) is 0 Å². The molecule has 15 heavy (non-hydrogen) atoms. The third-order valence-corrected chi connectivity index (χ3v) is 2.89. The largest absolute Gasteiger partial charge is 0.355 e. The van der Waals surface area contributed by atoms with Gasteiger partial charge < -0.3 is 10.6 Å². The minimum absolute atomic E-state index is 0.0581. The third kappa shape index (κ3) is 2.02. The van der Waals surface area contributed by atoms with Crippen LogP contribution in [0.1, 0.15) is 34.8 Å². The molecule has 5 heteroatoms. The Labute approximate surface area is 88.6 Å². The van der Waals surface area contributed by atoms with E-state index in [1.807, 2.05) is 0 Å². The molecule has 82 valence electrons. The van der Waals surface area contributed by atoms with Crippen LogP contribution in [0.15, 0.2) is 6.20 Å². The summed E-state index contributed by atoms with van der Waals surface area (Å²) in [4.78, 5) is 11.6. The molecule has 0 atom stereocenters. The number of piperidine rings is 1. The van der Waals surface area contributed by atoms with Crippen LogP contribution in [0.5, 0.6) is 0 Å². The second-order valence-electron chi connectivity index (χ2n) is 3.80. The van der Waals surface area contributed by atoms with Crippen molar-refractivity contribution in [1.82, 2.24) is 20.8 Å². The van der Waals surface area contributed by atoms with Crippen LogP contribution in [0.2, 0.25) is 0 Å². The van der Waals surface area contributed by atoms with E-state index in [0.29, 0.717) is 11.5 Å². The first kappa shape index (κ1) is 10.2. The predicted octanol–water partition coefficient (Wildman–Crippen LogP) is 0.236. The van der Waals surface area contributed by atoms with E-state index in [2.05, 4.69) is 20.8 Å². The van der Waals surface area contributed by atoms with Crippen molar-refractivity contribution in [3.63, 3.8) is 0 Å². The maximum absolute atomic E-state index is 11.6. The highest BCUT2D eigenvalue weighted by Gasteiger charge is 2.22. The van der Waals surface area contributed by atoms with Crippen LogP contribution in [-0.2, 0) is 0 Å². The van der Waals surface area contributed by atoms with Crippen molar-refractivity contribution in [2.75, 3.05) is 20.1 Å². The number of H-pyrrole nitrogens is 1. The molecular formula is C10H16N4O. The van der Waals surface area contributed by atoms with Gasteiger partial charge in [0.2, 0.25) is 0 Å². The third-order valence-electron chi connectivity index (χ3n) is 2.89. The lowest BCUT2D eigenvalue weighted by atomic mass is 9.92. The first-order valence-corrected chi connectivity index (χ1v) is 5.29. The molecule has 2 heterocycles. The molecule has 1 aliphatic rings. The van der Waals surface area contributed by atoms with Crippen molar-refractivity contribution in [3.05, 3.63) is 17.5 Å². The number of aromatic amines is 1. The number of hydrogen-bond acceptors (Lipinski definition) is 3. The van der Waals surface area contributed by atoms with Crippen LogP contribution in [-0.4, -0.2) is 36.2 Å². The van der Waals surface area contributed by atoms with Gasteiger partial charge in [0.1, 0.15) is 0 Å². The topological polar surface area (TPSA) is 69.8 Å². The molecule has 5 nitrogen and oxygen atoms in total. The Morgan fingerprint density at radius 3 is 2.93 bits per heavy atom. The van der Waals surface area contributed by atoms with Gasteiger partial charge in [-0.1, -0.05) is 0 Å². The maximum Gasteiger partial charge on any atom is 0.254 e. The molecule has 0 aromatic carbocycles. The lowest BCUT2D eigenvalue weighted by Crippen LogP contribution is -2.28. The normalized spacial score (nSPS) is 17.7. The highest BCUT2D eigenvalue weighted by molar-refractivity contribution is 5.95. The first-order chi connectivity index (χ1) is 7.33. The van der Waals surface area contributed by atoms with E-state index in [1.54, 1.807) is 13.2 Å². The van der Waals surface area contributed by atoms with E-state index in [0.717, 1.165) is 31.6 Å². The van der Waals surface area contributed by atoms with E-state index in [-0.39, 0.29) is 5.91 Å². The lowest BCUT2D eigenvalue weighted by molar-refractivity contribution is 0.0961. The summed E-state index contributed by atoms with van der Waals surface area (Å²) in [6.45, 7) is 2.02. The van der Waals surface area contributed by atoms with Gasteiger partial charge in [0, 0.05) is 13.0 Å². The van der Waals surface area contributed by atoms with E-state index >= 15 is 0 Å². The van der Waals surface area contributed by atoms with Crippen molar-refractivity contribution in [1.29, 1.82) is 0 Å². The second-order valence-corrected chi connectivity index (χ2v) is 3.80. The van der Waals surface area contributed by atoms with E-state index in [9.17, 15) is 4.79 Å². The van der Waals surface area contributed by atoms with Gasteiger partial charge in [0.25, 0.3) is 5.91 Å². The van der Waals surface area contributed by atoms with E-state index in [4.69, 9.17) is 0 Å². The molecule has 0 bridgehead atoms. The first-order valence-electron chi connectivity index (χ1n) is 5.29. The van der Waals surface area contributed by atoms with Gasteiger partial charge in [-0.2, -0.15) is 5.10 Å². The van der Waals surface area contributed by atoms with Crippen molar-refractivity contribution >= 4 is 5.91 Å². The zero-order valence-corrected chi connectivity index (χ0v) is 8.84. The molecule has 0 unspecified atom stereocenters. The fraction of sp³-hybridized carbons (Fsp3) is 0.600. The van der Waals surface area contributed by atoms with Gasteiger partial charge in [-0.3, -0.25) is 9.89 Å². The minimum Gasteiger partial charge on any atom is -0.355 e. The summed E-state index contributed by atoms with van der Waals surface area (Å²) in [6, 6.07) is 0. The highest BCUT2D eigenvalue weighted by atomic mass is 16.1. The maximum atomic E-state index is 11.6. The number of rotatable bonds is 2. The molecule has 1 fully saturated rings. The Bertz CT molecular complexity index is 341. The summed E-state index contributed by atoms with van der Waals surface area (Å²) < 4.78 is 0. The molecular weight excluding hydrogens is 192 g/mol. The predicted molar refractivity (Wildman–Crippen MR) is 56.8 cm³/mol. The SMILES string of the molecule is CNC(=O)c1cn[nH]c1C1CCNCC1. The standard InChI is InChI=1S/C10H16N4O/c1-11-10(15)8-6-13-14-9(8)7-2-4-12-5-3-7/h6-7,12H,2-5H2,1H3,(H,11,15)(H,13,14). The Kier molecular flexibility index (Phi) is 3.01. The van der Waals surface area contributed by atoms with Crippen LogP contribution in [0.4, 0.5) is 0 Å². The number of aromatic nitrogens is 2. The van der Waals surface area contributed by atoms with Crippen LogP contribution in [0.25, 0.3) is 0 Å². The van der Waals surface area contributed by atoms with Gasteiger partial charge in [-0.05, 0) is 25.9 Å². The Morgan fingerprint density at radius 2 is 2.27 bits per heavy atom. The number of amides is 1. The average Bonchev–Trinajstić information content (AvgIpc) is 2.78. The molecule has 0 spiro atoms. The minimum atomic E-state index is -0.0581. The van der Waals surface area contributed by atoms with E-state index < -0.39 is 0 Å². The Morgan fingerprint density at radius 1 is 1.53 bits per heavy atom. The van der Waals surface area contributed by atoms with Gasteiger partial charge in [0.05, 0.1) is 17.5 Å². The molecule has 1 aliphatic heterocycles. The Balaban J connectivity index is 2.19. The second kappa shape index (κ2) is 4.44. The average molecular weight is 208 g/mol. The van der Waals surface area contributed by atoms with Crippen molar-refractivity contribution in [2.24, 2.45) is 0 Å². The van der Waals surface area contributed by atoms with Crippen LogP contribution < -0.4 is 10.6 Å². The summed E-state index contributed by atoms with van der Waals surface area (Å²) in [5, 5.41) is 12.8. The summed E-state index contributed by atoms with van der Waals surface area (Å²) in [5.74, 6) is 0.373. The molecule has 1 amide bonds. The molecule has 0 saturated carbocycles. The molecule has 3 N–H and O–H groups in total. The van der Waals surface area contributed by atoms with Crippen molar-refractivity contribution in [3.8, 4) is 0 Å². The smallest absolute Gasteiger partial charge is 0.254 e. The van der Waals surface area contributed by atoms with Crippen LogP contribution >= 0.6 is 0 Å². The summed E-state index contributed by atoms with van der Waals surface area (Å²) in [7, 11) is 1.64. The molecule has 0 aliphatic carbocycles. The van der Waals surface area contributed by atoms with Gasteiger partial charge in [-0.15, -0.1) is 0 Å². The Hall–Kier alpha value is -1.36. The molecule has 0 radical (unpaired) electrons. The van der Waals surface area contributed by atoms with Crippen LogP contribution in [0, 0.1) is 0 Å². The molecule has 1 saturated heterocycles. The van der Waals surface area contributed by atoms with Gasteiger partial charge in [0.15, 0.2) is 0 Å². The number of carbonyl (C=O) groups is 1. The quantitative estimate of drug-likeness (QED) is 0.652. The number of hydrogen-bond donors (Lipinski definition) is 3. The monoisotopic (exact) mass is 208 g/mol.